The molecule has 0 unspecified atom stereocenters. The van der Waals surface area contributed by atoms with Gasteiger partial charge in [-0.2, -0.15) is 14.7 Å². The van der Waals surface area contributed by atoms with Gasteiger partial charge in [-0.05, 0) is 26.7 Å². The molecule has 148 valence electrons. The van der Waals surface area contributed by atoms with Crippen LogP contribution in [0.15, 0.2) is 18.6 Å². The van der Waals surface area contributed by atoms with Crippen LogP contribution in [0, 0.1) is 11.3 Å². The van der Waals surface area contributed by atoms with E-state index in [4.69, 9.17) is 0 Å². The maximum absolute atomic E-state index is 12.7. The van der Waals surface area contributed by atoms with Crippen molar-refractivity contribution in [2.75, 3.05) is 18.0 Å². The van der Waals surface area contributed by atoms with E-state index in [1.54, 1.807) is 29.0 Å². The van der Waals surface area contributed by atoms with Gasteiger partial charge in [0.25, 0.3) is 0 Å². The van der Waals surface area contributed by atoms with Crippen LogP contribution in [0.5, 0.6) is 0 Å². The first-order valence-electron chi connectivity index (χ1n) is 9.34. The Bertz CT molecular complexity index is 1040. The molecule has 9 nitrogen and oxygen atoms in total. The molecule has 0 N–H and O–H groups in total. The van der Waals surface area contributed by atoms with Gasteiger partial charge in [0.15, 0.2) is 11.6 Å². The van der Waals surface area contributed by atoms with Crippen molar-refractivity contribution in [2.24, 2.45) is 7.05 Å². The fraction of sp³-hybridized carbons (Fsp3) is 0.556. The van der Waals surface area contributed by atoms with Crippen molar-refractivity contribution in [3.8, 4) is 17.5 Å². The molecule has 28 heavy (non-hydrogen) atoms. The molecule has 3 aliphatic rings. The SMILES string of the molecule is CC(C)S(=O)(=O)N1C[C@@H]2CC[C@H]1CN2c1nc(-c2cnn(C)c2)ncc1C#N. The third-order valence-corrected chi connectivity index (χ3v) is 7.82. The predicted octanol–water partition coefficient (Wildman–Crippen LogP) is 1.14. The first kappa shape index (κ1) is 18.8. The number of rotatable bonds is 4. The lowest BCUT2D eigenvalue weighted by molar-refractivity contribution is 0.178. The number of fused-ring (bicyclic) bond motifs is 3. The normalized spacial score (nSPS) is 22.6. The summed E-state index contributed by atoms with van der Waals surface area (Å²) in [4.78, 5) is 11.1. The summed E-state index contributed by atoms with van der Waals surface area (Å²) in [5.74, 6) is 1.09. The number of sulfonamides is 1. The molecular weight excluding hydrogens is 378 g/mol. The second-order valence-corrected chi connectivity index (χ2v) is 10.1. The Balaban J connectivity index is 1.68. The smallest absolute Gasteiger partial charge is 0.216 e. The molecule has 2 aromatic heterocycles. The van der Waals surface area contributed by atoms with Gasteiger partial charge in [0, 0.05) is 38.4 Å². The predicted molar refractivity (Wildman–Crippen MR) is 104 cm³/mol. The zero-order valence-corrected chi connectivity index (χ0v) is 17.0. The molecule has 2 aromatic rings. The molecule has 3 fully saturated rings. The number of nitriles is 1. The molecule has 0 amide bonds. The summed E-state index contributed by atoms with van der Waals surface area (Å²) in [6.07, 6.45) is 6.76. The van der Waals surface area contributed by atoms with Crippen LogP contribution in [0.1, 0.15) is 32.3 Å². The number of nitrogens with zero attached hydrogens (tertiary/aromatic N) is 7. The van der Waals surface area contributed by atoms with E-state index in [0.717, 1.165) is 18.4 Å². The summed E-state index contributed by atoms with van der Waals surface area (Å²) in [5, 5.41) is 13.3. The number of anilines is 1. The highest BCUT2D eigenvalue weighted by atomic mass is 32.2. The van der Waals surface area contributed by atoms with Crippen LogP contribution in [0.2, 0.25) is 0 Å². The fourth-order valence-electron chi connectivity index (χ4n) is 3.98. The molecule has 5 rings (SSSR count). The van der Waals surface area contributed by atoms with Gasteiger partial charge < -0.3 is 4.90 Å². The Morgan fingerprint density at radius 2 is 1.96 bits per heavy atom. The van der Waals surface area contributed by atoms with Gasteiger partial charge in [-0.1, -0.05) is 0 Å². The fourth-order valence-corrected chi connectivity index (χ4v) is 5.49. The van der Waals surface area contributed by atoms with Gasteiger partial charge in [-0.15, -0.1) is 0 Å². The van der Waals surface area contributed by atoms with Crippen molar-refractivity contribution in [3.63, 3.8) is 0 Å². The van der Waals surface area contributed by atoms with Crippen molar-refractivity contribution in [1.82, 2.24) is 24.1 Å². The Kier molecular flexibility index (Phi) is 4.59. The van der Waals surface area contributed by atoms with Crippen molar-refractivity contribution >= 4 is 15.8 Å². The van der Waals surface area contributed by atoms with E-state index in [0.29, 0.717) is 30.3 Å². The minimum atomic E-state index is -3.30. The van der Waals surface area contributed by atoms with Crippen LogP contribution in [-0.4, -0.2) is 62.9 Å². The molecule has 3 saturated heterocycles. The summed E-state index contributed by atoms with van der Waals surface area (Å²) in [6.45, 7) is 4.40. The van der Waals surface area contributed by atoms with Crippen LogP contribution in [0.25, 0.3) is 11.4 Å². The number of aromatic nitrogens is 4. The minimum absolute atomic E-state index is 0.00210. The summed E-state index contributed by atoms with van der Waals surface area (Å²) in [5.41, 5.74) is 1.18. The van der Waals surface area contributed by atoms with E-state index in [9.17, 15) is 13.7 Å². The van der Waals surface area contributed by atoms with E-state index >= 15 is 0 Å². The zero-order valence-electron chi connectivity index (χ0n) is 16.1. The van der Waals surface area contributed by atoms with Crippen molar-refractivity contribution < 1.29 is 8.42 Å². The largest absolute Gasteiger partial charge is 0.349 e. The van der Waals surface area contributed by atoms with Gasteiger partial charge in [-0.3, -0.25) is 4.68 Å². The molecule has 0 aliphatic carbocycles. The second kappa shape index (κ2) is 6.83. The highest BCUT2D eigenvalue weighted by Crippen LogP contribution is 2.36. The standard InChI is InChI=1S/C18H23N7O2S/c1-12(2)28(26,27)25-11-15-4-5-16(25)10-24(15)18-13(6-19)7-20-17(22-18)14-8-21-23(3)9-14/h7-9,12,15-16H,4-5,10-11H2,1-3H3/t15-,16-/m0/s1. The third-order valence-electron chi connectivity index (χ3n) is 5.53. The Labute approximate surface area is 164 Å². The molecule has 2 atom stereocenters. The Hall–Kier alpha value is -2.51. The quantitative estimate of drug-likeness (QED) is 0.756. The first-order chi connectivity index (χ1) is 13.3. The van der Waals surface area contributed by atoms with E-state index in [1.807, 2.05) is 13.2 Å². The molecule has 0 aromatic carbocycles. The number of hydrogen-bond donors (Lipinski definition) is 0. The summed E-state index contributed by atoms with van der Waals surface area (Å²) in [7, 11) is -1.48. The minimum Gasteiger partial charge on any atom is -0.349 e. The molecule has 3 aliphatic heterocycles. The summed E-state index contributed by atoms with van der Waals surface area (Å²) < 4.78 is 28.7. The van der Waals surface area contributed by atoms with Crippen LogP contribution in [0.4, 0.5) is 5.82 Å². The average molecular weight is 401 g/mol. The molecule has 0 spiro atoms. The number of aryl methyl sites for hydroxylation is 1. The topological polar surface area (TPSA) is 108 Å². The lowest BCUT2D eigenvalue weighted by Crippen LogP contribution is -2.65. The van der Waals surface area contributed by atoms with E-state index < -0.39 is 15.3 Å². The zero-order chi connectivity index (χ0) is 20.1. The number of hydrogen-bond acceptors (Lipinski definition) is 7. The molecule has 0 saturated carbocycles. The van der Waals surface area contributed by atoms with Gasteiger partial charge >= 0.3 is 0 Å². The summed E-state index contributed by atoms with van der Waals surface area (Å²) in [6, 6.07) is 2.08. The molecule has 10 heteroatoms. The maximum Gasteiger partial charge on any atom is 0.216 e. The van der Waals surface area contributed by atoms with Gasteiger partial charge in [-0.25, -0.2) is 18.4 Å². The number of piperazine rings is 1. The van der Waals surface area contributed by atoms with Crippen LogP contribution in [0.3, 0.4) is 0 Å². The molecule has 2 bridgehead atoms. The first-order valence-corrected chi connectivity index (χ1v) is 10.8. The summed E-state index contributed by atoms with van der Waals surface area (Å²) >= 11 is 0. The van der Waals surface area contributed by atoms with E-state index in [2.05, 4.69) is 26.0 Å². The number of piperidine rings is 2. The average Bonchev–Trinajstić information content (AvgIpc) is 3.14. The highest BCUT2D eigenvalue weighted by Gasteiger charge is 2.45. The van der Waals surface area contributed by atoms with Crippen LogP contribution in [-0.2, 0) is 17.1 Å². The maximum atomic E-state index is 12.7. The molecular formula is C18H23N7O2S. The van der Waals surface area contributed by atoms with Gasteiger partial charge in [0.2, 0.25) is 10.0 Å². The van der Waals surface area contributed by atoms with E-state index in [1.165, 1.54) is 6.20 Å². The monoisotopic (exact) mass is 401 g/mol. The third kappa shape index (κ3) is 3.04. The van der Waals surface area contributed by atoms with E-state index in [-0.39, 0.29) is 12.1 Å². The highest BCUT2D eigenvalue weighted by molar-refractivity contribution is 7.89. The second-order valence-electron chi connectivity index (χ2n) is 7.65. The molecule has 0 radical (unpaired) electrons. The van der Waals surface area contributed by atoms with Crippen molar-refractivity contribution in [1.29, 1.82) is 5.26 Å². The lowest BCUT2D eigenvalue weighted by Gasteiger charge is -2.51. The molecule has 5 heterocycles. The Morgan fingerprint density at radius 3 is 2.54 bits per heavy atom. The lowest BCUT2D eigenvalue weighted by atomic mass is 9.92. The van der Waals surface area contributed by atoms with Crippen molar-refractivity contribution in [2.45, 2.75) is 44.0 Å². The van der Waals surface area contributed by atoms with Gasteiger partial charge in [0.05, 0.1) is 23.2 Å². The van der Waals surface area contributed by atoms with Gasteiger partial charge in [0.1, 0.15) is 11.6 Å². The van der Waals surface area contributed by atoms with Crippen LogP contribution >= 0.6 is 0 Å². The Morgan fingerprint density at radius 1 is 1.21 bits per heavy atom. The van der Waals surface area contributed by atoms with Crippen molar-refractivity contribution in [3.05, 3.63) is 24.2 Å². The van der Waals surface area contributed by atoms with Crippen LogP contribution < -0.4 is 4.90 Å².